The molecule has 0 amide bonds. The molecule has 2 aromatic rings. The molecule has 0 saturated heterocycles. The van der Waals surface area contributed by atoms with Gasteiger partial charge in [0.25, 0.3) is 5.69 Å². The molecule has 0 radical (unpaired) electrons. The quantitative estimate of drug-likeness (QED) is 0.488. The topological polar surface area (TPSA) is 81.8 Å². The summed E-state index contributed by atoms with van der Waals surface area (Å²) >= 11 is 4.92. The lowest BCUT2D eigenvalue weighted by molar-refractivity contribution is -0.384. The monoisotopic (exact) mass is 339 g/mol. The number of benzene rings is 2. The van der Waals surface area contributed by atoms with Crippen LogP contribution < -0.4 is 4.52 Å². The van der Waals surface area contributed by atoms with Crippen LogP contribution in [-0.2, 0) is 16.3 Å². The van der Waals surface area contributed by atoms with Gasteiger partial charge in [-0.3, -0.25) is 14.6 Å². The second kappa shape index (κ2) is 6.98. The van der Waals surface area contributed by atoms with E-state index >= 15 is 0 Å². The summed E-state index contributed by atoms with van der Waals surface area (Å²) in [5.41, 5.74) is 1.39. The number of para-hydroxylation sites is 1. The zero-order valence-corrected chi connectivity index (χ0v) is 13.4. The van der Waals surface area contributed by atoms with Crippen molar-refractivity contribution in [3.05, 3.63) is 58.6 Å². The Hall–Kier alpha value is -1.79. The van der Waals surface area contributed by atoms with Crippen molar-refractivity contribution in [2.24, 2.45) is 0 Å². The molecular weight excluding hydrogens is 325 g/mol. The minimum atomic E-state index is -3.36. The van der Waals surface area contributed by atoms with E-state index in [1.807, 2.05) is 0 Å². The Morgan fingerprint density at radius 1 is 1.23 bits per heavy atom. The molecule has 22 heavy (non-hydrogen) atoms. The van der Waals surface area contributed by atoms with Gasteiger partial charge in [0.2, 0.25) is 0 Å². The Bertz CT molecular complexity index is 719. The van der Waals surface area contributed by atoms with E-state index in [4.69, 9.17) is 20.9 Å². The van der Waals surface area contributed by atoms with E-state index in [0.29, 0.717) is 16.9 Å². The summed E-state index contributed by atoms with van der Waals surface area (Å²) in [6.07, 6.45) is 0. The highest BCUT2D eigenvalue weighted by atomic mass is 32.5. The standard InChI is InChI=1S/C14H14NO5PS/c1-2-19-21(18,22)20-14-6-4-3-5-13(14)11-7-9-12(10-8-11)15(16)17/h3-10H,2H2,1H3,(H,18,22). The molecule has 0 aliphatic carbocycles. The maximum Gasteiger partial charge on any atom is 0.377 e. The predicted octanol–water partition coefficient (Wildman–Crippen LogP) is 3.89. The number of nitro benzene ring substituents is 1. The van der Waals surface area contributed by atoms with Crippen molar-refractivity contribution >= 4 is 24.2 Å². The second-order valence-corrected chi connectivity index (χ2v) is 7.04. The van der Waals surface area contributed by atoms with Crippen molar-refractivity contribution in [1.29, 1.82) is 0 Å². The van der Waals surface area contributed by atoms with Gasteiger partial charge in [-0.2, -0.15) is 0 Å². The van der Waals surface area contributed by atoms with Crippen LogP contribution in [0.5, 0.6) is 5.75 Å². The van der Waals surface area contributed by atoms with Gasteiger partial charge in [-0.05, 0) is 30.7 Å². The molecule has 8 heteroatoms. The maximum absolute atomic E-state index is 10.7. The first-order valence-corrected chi connectivity index (χ1v) is 9.03. The second-order valence-electron chi connectivity index (χ2n) is 4.28. The van der Waals surface area contributed by atoms with Crippen LogP contribution in [0.2, 0.25) is 0 Å². The molecule has 116 valence electrons. The molecule has 0 bridgehead atoms. The summed E-state index contributed by atoms with van der Waals surface area (Å²) in [6.45, 7) is -1.41. The van der Waals surface area contributed by atoms with Crippen LogP contribution >= 0.6 is 6.72 Å². The molecule has 1 unspecified atom stereocenters. The summed E-state index contributed by atoms with van der Waals surface area (Å²) in [5, 5.41) is 10.7. The fourth-order valence-corrected chi connectivity index (χ4v) is 3.21. The average molecular weight is 339 g/mol. The lowest BCUT2D eigenvalue weighted by Crippen LogP contribution is -1.98. The highest BCUT2D eigenvalue weighted by molar-refractivity contribution is 8.07. The zero-order chi connectivity index (χ0) is 16.2. The van der Waals surface area contributed by atoms with E-state index < -0.39 is 11.6 Å². The Balaban J connectivity index is 2.36. The van der Waals surface area contributed by atoms with Crippen molar-refractivity contribution in [3.63, 3.8) is 0 Å². The summed E-state index contributed by atoms with van der Waals surface area (Å²) < 4.78 is 10.5. The van der Waals surface area contributed by atoms with Gasteiger partial charge in [0.15, 0.2) is 0 Å². The van der Waals surface area contributed by atoms with Crippen LogP contribution in [0.25, 0.3) is 11.1 Å². The summed E-state index contributed by atoms with van der Waals surface area (Å²) in [7, 11) is 0. The van der Waals surface area contributed by atoms with Crippen LogP contribution in [0, 0.1) is 10.1 Å². The van der Waals surface area contributed by atoms with Crippen LogP contribution in [0.15, 0.2) is 48.5 Å². The Morgan fingerprint density at radius 2 is 1.86 bits per heavy atom. The summed E-state index contributed by atoms with van der Waals surface area (Å²) in [4.78, 5) is 20.2. The largest absolute Gasteiger partial charge is 0.424 e. The van der Waals surface area contributed by atoms with Crippen LogP contribution in [0.3, 0.4) is 0 Å². The van der Waals surface area contributed by atoms with Gasteiger partial charge < -0.3 is 9.42 Å². The molecule has 1 N–H and O–H groups in total. The Kier molecular flexibility index (Phi) is 5.26. The number of non-ortho nitro benzene ring substituents is 1. The van der Waals surface area contributed by atoms with Crippen molar-refractivity contribution in [2.45, 2.75) is 6.92 Å². The highest BCUT2D eigenvalue weighted by Crippen LogP contribution is 2.46. The summed E-state index contributed by atoms with van der Waals surface area (Å²) in [6, 6.07) is 13.0. The van der Waals surface area contributed by atoms with Crippen molar-refractivity contribution in [2.75, 3.05) is 6.61 Å². The van der Waals surface area contributed by atoms with Gasteiger partial charge >= 0.3 is 6.72 Å². The molecule has 0 heterocycles. The van der Waals surface area contributed by atoms with Gasteiger partial charge in [-0.1, -0.05) is 18.2 Å². The molecule has 2 rings (SSSR count). The Morgan fingerprint density at radius 3 is 2.45 bits per heavy atom. The molecule has 0 aromatic heterocycles. The Labute approximate surface area is 132 Å². The lowest BCUT2D eigenvalue weighted by atomic mass is 10.0. The van der Waals surface area contributed by atoms with E-state index in [9.17, 15) is 15.0 Å². The van der Waals surface area contributed by atoms with Crippen molar-refractivity contribution in [3.8, 4) is 16.9 Å². The predicted molar refractivity (Wildman–Crippen MR) is 87.3 cm³/mol. The minimum Gasteiger partial charge on any atom is -0.424 e. The van der Waals surface area contributed by atoms with E-state index in [-0.39, 0.29) is 12.3 Å². The molecule has 2 aromatic carbocycles. The number of hydrogen-bond acceptors (Lipinski definition) is 5. The van der Waals surface area contributed by atoms with Crippen LogP contribution in [0.1, 0.15) is 6.92 Å². The number of nitro groups is 1. The molecule has 0 spiro atoms. The van der Waals surface area contributed by atoms with Gasteiger partial charge in [0.05, 0.1) is 11.5 Å². The fourth-order valence-electron chi connectivity index (χ4n) is 1.86. The highest BCUT2D eigenvalue weighted by Gasteiger charge is 2.18. The number of nitrogens with zero attached hydrogens (tertiary/aromatic N) is 1. The summed E-state index contributed by atoms with van der Waals surface area (Å²) in [5.74, 6) is 0.371. The first-order valence-electron chi connectivity index (χ1n) is 6.44. The molecule has 0 fully saturated rings. The molecule has 0 aliphatic heterocycles. The SMILES string of the molecule is CCOP(O)(=S)Oc1ccccc1-c1ccc([N+](=O)[O-])cc1. The normalized spacial score (nSPS) is 13.4. The zero-order valence-electron chi connectivity index (χ0n) is 11.7. The molecule has 1 atom stereocenters. The van der Waals surface area contributed by atoms with E-state index in [0.717, 1.165) is 0 Å². The molecule has 0 aliphatic rings. The van der Waals surface area contributed by atoms with Crippen LogP contribution in [0.4, 0.5) is 5.69 Å². The van der Waals surface area contributed by atoms with Crippen LogP contribution in [-0.4, -0.2) is 16.4 Å². The average Bonchev–Trinajstić information content (AvgIpc) is 2.47. The van der Waals surface area contributed by atoms with E-state index in [2.05, 4.69) is 0 Å². The fraction of sp³-hybridized carbons (Fsp3) is 0.143. The number of rotatable bonds is 6. The lowest BCUT2D eigenvalue weighted by Gasteiger charge is -2.18. The minimum absolute atomic E-state index is 0.00346. The molecule has 0 saturated carbocycles. The first kappa shape index (κ1) is 16.6. The third-order valence-electron chi connectivity index (χ3n) is 2.78. The molecular formula is C14H14NO5PS. The van der Waals surface area contributed by atoms with Gasteiger partial charge in [-0.15, -0.1) is 0 Å². The van der Waals surface area contributed by atoms with E-state index in [1.165, 1.54) is 12.1 Å². The van der Waals surface area contributed by atoms with Gasteiger partial charge in [-0.25, -0.2) is 0 Å². The smallest absolute Gasteiger partial charge is 0.377 e. The third kappa shape index (κ3) is 4.11. The maximum atomic E-state index is 10.7. The van der Waals surface area contributed by atoms with Gasteiger partial charge in [0.1, 0.15) is 5.75 Å². The third-order valence-corrected chi connectivity index (χ3v) is 4.33. The van der Waals surface area contributed by atoms with Crippen molar-refractivity contribution in [1.82, 2.24) is 0 Å². The van der Waals surface area contributed by atoms with E-state index in [1.54, 1.807) is 43.3 Å². The van der Waals surface area contributed by atoms with Crippen molar-refractivity contribution < 1.29 is 18.9 Å². The molecule has 6 nitrogen and oxygen atoms in total. The number of hydrogen-bond donors (Lipinski definition) is 1. The first-order chi connectivity index (χ1) is 10.4. The van der Waals surface area contributed by atoms with Gasteiger partial charge in [0, 0.05) is 29.5 Å².